The van der Waals surface area contributed by atoms with Crippen LogP contribution in [0.2, 0.25) is 5.02 Å². The molecule has 0 radical (unpaired) electrons. The van der Waals surface area contributed by atoms with Gasteiger partial charge in [0.2, 0.25) is 5.88 Å². The molecule has 3 aromatic rings. The standard InChI is InChI=1S/C23H26ClFN2O3/c1-13-11-27(18(12-28)23(2,3)4)21-16(20(13)29)10-15(22(26-21)30-5)9-14-7-6-8-17(24)19(14)25/h6-8,10-11,18,28H,9,12H2,1-5H3/t18-/m1/s1. The van der Waals surface area contributed by atoms with Crippen LogP contribution in [0.1, 0.15) is 43.5 Å². The molecule has 2 heterocycles. The first kappa shape index (κ1) is 22.2. The highest BCUT2D eigenvalue weighted by Crippen LogP contribution is 2.33. The van der Waals surface area contributed by atoms with E-state index in [1.54, 1.807) is 31.3 Å². The average Bonchev–Trinajstić information content (AvgIpc) is 2.68. The summed E-state index contributed by atoms with van der Waals surface area (Å²) in [5, 5.41) is 10.5. The van der Waals surface area contributed by atoms with Gasteiger partial charge in [0.25, 0.3) is 0 Å². The van der Waals surface area contributed by atoms with Gasteiger partial charge in [-0.25, -0.2) is 4.39 Å². The van der Waals surface area contributed by atoms with Crippen molar-refractivity contribution in [2.45, 2.75) is 40.2 Å². The van der Waals surface area contributed by atoms with Crippen LogP contribution in [0, 0.1) is 18.2 Å². The Labute approximate surface area is 180 Å². The highest BCUT2D eigenvalue weighted by Gasteiger charge is 2.28. The summed E-state index contributed by atoms with van der Waals surface area (Å²) in [4.78, 5) is 17.5. The summed E-state index contributed by atoms with van der Waals surface area (Å²) in [5.41, 5.74) is 1.49. The first-order valence-corrected chi connectivity index (χ1v) is 10.1. The molecule has 30 heavy (non-hydrogen) atoms. The van der Waals surface area contributed by atoms with Gasteiger partial charge in [0.05, 0.1) is 30.2 Å². The third-order valence-corrected chi connectivity index (χ3v) is 5.63. The normalized spacial score (nSPS) is 12.9. The Hall–Kier alpha value is -2.44. The highest BCUT2D eigenvalue weighted by atomic mass is 35.5. The number of benzene rings is 1. The number of rotatable bonds is 5. The summed E-state index contributed by atoms with van der Waals surface area (Å²) in [7, 11) is 1.48. The van der Waals surface area contributed by atoms with E-state index in [0.29, 0.717) is 33.6 Å². The molecule has 0 spiro atoms. The molecule has 160 valence electrons. The number of pyridine rings is 2. The number of ether oxygens (including phenoxy) is 1. The van der Waals surface area contributed by atoms with Crippen molar-refractivity contribution in [2.75, 3.05) is 13.7 Å². The minimum atomic E-state index is -0.504. The number of nitrogens with zero attached hydrogens (tertiary/aromatic N) is 2. The van der Waals surface area contributed by atoms with Gasteiger partial charge in [-0.05, 0) is 30.0 Å². The van der Waals surface area contributed by atoms with Crippen LogP contribution < -0.4 is 10.2 Å². The van der Waals surface area contributed by atoms with E-state index in [1.165, 1.54) is 13.2 Å². The molecule has 1 atom stereocenters. The lowest BCUT2D eigenvalue weighted by Gasteiger charge is -2.32. The van der Waals surface area contributed by atoms with E-state index in [9.17, 15) is 14.3 Å². The quantitative estimate of drug-likeness (QED) is 0.636. The molecule has 0 bridgehead atoms. The maximum atomic E-state index is 14.4. The SMILES string of the molecule is COc1nc2c(cc1Cc1cccc(Cl)c1F)c(=O)c(C)cn2[C@H](CO)C(C)(C)C. The van der Waals surface area contributed by atoms with Gasteiger partial charge in [0.15, 0.2) is 5.43 Å². The van der Waals surface area contributed by atoms with Crippen LogP contribution in [0.3, 0.4) is 0 Å². The molecule has 1 N–H and O–H groups in total. The van der Waals surface area contributed by atoms with Crippen molar-refractivity contribution in [2.24, 2.45) is 5.41 Å². The van der Waals surface area contributed by atoms with Gasteiger partial charge in [-0.1, -0.05) is 44.5 Å². The molecule has 0 aliphatic rings. The number of methoxy groups -OCH3 is 1. The van der Waals surface area contributed by atoms with Crippen molar-refractivity contribution in [1.29, 1.82) is 0 Å². The molecule has 0 aliphatic carbocycles. The smallest absolute Gasteiger partial charge is 0.218 e. The number of halogens is 2. The fourth-order valence-electron chi connectivity index (χ4n) is 3.64. The summed E-state index contributed by atoms with van der Waals surface area (Å²) in [6, 6.07) is 6.20. The second kappa shape index (κ2) is 8.36. The lowest BCUT2D eigenvalue weighted by molar-refractivity contribution is 0.139. The zero-order valence-corrected chi connectivity index (χ0v) is 18.5. The van der Waals surface area contributed by atoms with Gasteiger partial charge in [0, 0.05) is 23.7 Å². The minimum Gasteiger partial charge on any atom is -0.481 e. The number of aryl methyl sites for hydroxylation is 1. The number of aliphatic hydroxyl groups excluding tert-OH is 1. The molecule has 2 aromatic heterocycles. The molecule has 0 saturated carbocycles. The Morgan fingerprint density at radius 2 is 2.00 bits per heavy atom. The number of aromatic nitrogens is 2. The van der Waals surface area contributed by atoms with Gasteiger partial charge in [-0.2, -0.15) is 4.98 Å². The molecule has 0 unspecified atom stereocenters. The first-order chi connectivity index (χ1) is 14.1. The van der Waals surface area contributed by atoms with Crippen LogP contribution >= 0.6 is 11.6 Å². The number of hydrogen-bond donors (Lipinski definition) is 1. The number of hydrogen-bond acceptors (Lipinski definition) is 4. The van der Waals surface area contributed by atoms with Gasteiger partial charge >= 0.3 is 0 Å². The fourth-order valence-corrected chi connectivity index (χ4v) is 3.84. The highest BCUT2D eigenvalue weighted by molar-refractivity contribution is 6.30. The molecule has 7 heteroatoms. The molecule has 0 aliphatic heterocycles. The third kappa shape index (κ3) is 4.07. The fraction of sp³-hybridized carbons (Fsp3) is 0.391. The second-order valence-electron chi connectivity index (χ2n) is 8.53. The largest absolute Gasteiger partial charge is 0.481 e. The van der Waals surface area contributed by atoms with Crippen LogP contribution in [-0.2, 0) is 6.42 Å². The van der Waals surface area contributed by atoms with E-state index in [-0.39, 0.29) is 34.9 Å². The van der Waals surface area contributed by atoms with Crippen LogP contribution in [0.5, 0.6) is 5.88 Å². The first-order valence-electron chi connectivity index (χ1n) is 9.71. The molecular formula is C23H26ClFN2O3. The van der Waals surface area contributed by atoms with Crippen molar-refractivity contribution < 1.29 is 14.2 Å². The van der Waals surface area contributed by atoms with Gasteiger partial charge in [-0.15, -0.1) is 0 Å². The minimum absolute atomic E-state index is 0.0365. The maximum absolute atomic E-state index is 14.4. The Balaban J connectivity index is 2.27. The van der Waals surface area contributed by atoms with Gasteiger partial charge < -0.3 is 14.4 Å². The summed E-state index contributed by atoms with van der Waals surface area (Å²) in [5.74, 6) is -0.208. The summed E-state index contributed by atoms with van der Waals surface area (Å²) < 4.78 is 21.7. The second-order valence-corrected chi connectivity index (χ2v) is 8.94. The zero-order valence-electron chi connectivity index (χ0n) is 17.8. The van der Waals surface area contributed by atoms with E-state index in [2.05, 4.69) is 4.98 Å². The van der Waals surface area contributed by atoms with E-state index in [4.69, 9.17) is 16.3 Å². The van der Waals surface area contributed by atoms with E-state index >= 15 is 0 Å². The van der Waals surface area contributed by atoms with Crippen LogP contribution in [0.25, 0.3) is 11.0 Å². The van der Waals surface area contributed by atoms with Crippen LogP contribution in [-0.4, -0.2) is 28.4 Å². The predicted octanol–water partition coefficient (Wildman–Crippen LogP) is 4.68. The molecule has 0 saturated heterocycles. The Bertz CT molecular complexity index is 1150. The van der Waals surface area contributed by atoms with Crippen molar-refractivity contribution >= 4 is 22.6 Å². The summed E-state index contributed by atoms with van der Waals surface area (Å²) >= 11 is 5.91. The van der Waals surface area contributed by atoms with Crippen molar-refractivity contribution in [3.63, 3.8) is 0 Å². The lowest BCUT2D eigenvalue weighted by atomic mass is 9.86. The van der Waals surface area contributed by atoms with Crippen LogP contribution in [0.15, 0.2) is 35.3 Å². The van der Waals surface area contributed by atoms with Crippen molar-refractivity contribution in [1.82, 2.24) is 9.55 Å². The van der Waals surface area contributed by atoms with E-state index < -0.39 is 5.82 Å². The molecule has 0 amide bonds. The lowest BCUT2D eigenvalue weighted by Crippen LogP contribution is -2.30. The van der Waals surface area contributed by atoms with Crippen molar-refractivity contribution in [3.05, 3.63) is 68.2 Å². The molecule has 5 nitrogen and oxygen atoms in total. The predicted molar refractivity (Wildman–Crippen MR) is 117 cm³/mol. The topological polar surface area (TPSA) is 64.3 Å². The Kier molecular flexibility index (Phi) is 6.20. The zero-order chi connectivity index (χ0) is 22.2. The van der Waals surface area contributed by atoms with E-state index in [0.717, 1.165) is 0 Å². The number of fused-ring (bicyclic) bond motifs is 1. The maximum Gasteiger partial charge on any atom is 0.218 e. The van der Waals surface area contributed by atoms with Gasteiger partial charge in [-0.3, -0.25) is 4.79 Å². The monoisotopic (exact) mass is 432 g/mol. The summed E-state index contributed by atoms with van der Waals surface area (Å²) in [6.07, 6.45) is 1.90. The molecule has 3 rings (SSSR count). The van der Waals surface area contributed by atoms with Gasteiger partial charge in [0.1, 0.15) is 11.5 Å². The number of aliphatic hydroxyl groups is 1. The third-order valence-electron chi connectivity index (χ3n) is 5.34. The van der Waals surface area contributed by atoms with Crippen LogP contribution in [0.4, 0.5) is 4.39 Å². The molecule has 0 fully saturated rings. The Morgan fingerprint density at radius 1 is 1.30 bits per heavy atom. The summed E-state index contributed by atoms with van der Waals surface area (Å²) in [6.45, 7) is 7.67. The molecular weight excluding hydrogens is 407 g/mol. The van der Waals surface area contributed by atoms with Crippen molar-refractivity contribution in [3.8, 4) is 5.88 Å². The average molecular weight is 433 g/mol. The van der Waals surface area contributed by atoms with E-state index in [1.807, 2.05) is 25.3 Å². The molecule has 1 aromatic carbocycles. The Morgan fingerprint density at radius 3 is 2.60 bits per heavy atom.